The lowest BCUT2D eigenvalue weighted by Crippen LogP contribution is -2.42. The number of ether oxygens (including phenoxy) is 2. The van der Waals surface area contributed by atoms with Gasteiger partial charge in [0.15, 0.2) is 0 Å². The van der Waals surface area contributed by atoms with Gasteiger partial charge in [0.2, 0.25) is 0 Å². The fourth-order valence-corrected chi connectivity index (χ4v) is 5.67. The molecular weight excluding hydrogens is 276 g/mol. The molecule has 0 bridgehead atoms. The zero-order valence-corrected chi connectivity index (χ0v) is 13.4. The lowest BCUT2D eigenvalue weighted by Gasteiger charge is -2.16. The Hall–Kier alpha value is -1.42. The Bertz CT molecular complexity index is 486. The molecule has 1 fully saturated rings. The van der Waals surface area contributed by atoms with Crippen LogP contribution in [0.4, 0.5) is 0 Å². The van der Waals surface area contributed by atoms with Crippen molar-refractivity contribution in [2.75, 3.05) is 19.8 Å². The number of hydrogen-bond acceptors (Lipinski definition) is 2. The highest BCUT2D eigenvalue weighted by atomic mass is 28.3. The monoisotopic (exact) mass is 298 g/mol. The summed E-state index contributed by atoms with van der Waals surface area (Å²) in [6, 6.07) is 23.2. The van der Waals surface area contributed by atoms with E-state index in [-0.39, 0.29) is 0 Å². The Labute approximate surface area is 128 Å². The number of hydrogen-bond donors (Lipinski definition) is 0. The molecule has 2 aromatic carbocycles. The van der Waals surface area contributed by atoms with Gasteiger partial charge < -0.3 is 9.47 Å². The van der Waals surface area contributed by atoms with E-state index in [0.717, 1.165) is 26.2 Å². The molecule has 1 aliphatic heterocycles. The quantitative estimate of drug-likeness (QED) is 0.421. The van der Waals surface area contributed by atoms with Gasteiger partial charge in [-0.05, 0) is 12.5 Å². The van der Waals surface area contributed by atoms with Gasteiger partial charge in [0.05, 0.1) is 13.2 Å². The highest BCUT2D eigenvalue weighted by Gasteiger charge is 2.22. The summed E-state index contributed by atoms with van der Waals surface area (Å²) in [5.74, 6) is 0. The molecule has 0 aliphatic carbocycles. The van der Waals surface area contributed by atoms with Crippen molar-refractivity contribution >= 4 is 19.2 Å². The number of rotatable bonds is 8. The van der Waals surface area contributed by atoms with Gasteiger partial charge in [0, 0.05) is 6.61 Å². The lowest BCUT2D eigenvalue weighted by molar-refractivity contribution is 0.117. The minimum absolute atomic E-state index is 0.376. The van der Waals surface area contributed by atoms with Crippen LogP contribution in [-0.2, 0) is 9.47 Å². The van der Waals surface area contributed by atoms with Gasteiger partial charge in [0.1, 0.15) is 14.9 Å². The Morgan fingerprint density at radius 1 is 0.952 bits per heavy atom. The van der Waals surface area contributed by atoms with Crippen LogP contribution < -0.4 is 10.4 Å². The SMILES string of the molecule is c1ccc([SiH](CCCOCC2CO2)c2ccccc2)cc1. The highest BCUT2D eigenvalue weighted by molar-refractivity contribution is 6.85. The normalized spacial score (nSPS) is 17.1. The molecule has 0 N–H and O–H groups in total. The summed E-state index contributed by atoms with van der Waals surface area (Å²) >= 11 is 0. The molecule has 0 amide bonds. The van der Waals surface area contributed by atoms with Crippen molar-refractivity contribution in [2.24, 2.45) is 0 Å². The molecule has 3 rings (SSSR count). The number of epoxide rings is 1. The van der Waals surface area contributed by atoms with E-state index >= 15 is 0 Å². The second-order valence-electron chi connectivity index (χ2n) is 5.55. The van der Waals surface area contributed by atoms with Gasteiger partial charge in [-0.1, -0.05) is 71.0 Å². The maximum Gasteiger partial charge on any atom is 0.104 e. The van der Waals surface area contributed by atoms with E-state index in [0.29, 0.717) is 6.10 Å². The van der Waals surface area contributed by atoms with Crippen molar-refractivity contribution in [2.45, 2.75) is 18.6 Å². The lowest BCUT2D eigenvalue weighted by atomic mass is 10.4. The van der Waals surface area contributed by atoms with Gasteiger partial charge >= 0.3 is 0 Å². The van der Waals surface area contributed by atoms with Crippen LogP contribution in [0, 0.1) is 0 Å². The molecule has 1 saturated heterocycles. The molecule has 21 heavy (non-hydrogen) atoms. The van der Waals surface area contributed by atoms with Crippen LogP contribution >= 0.6 is 0 Å². The summed E-state index contributed by atoms with van der Waals surface area (Å²) in [6.45, 7) is 2.50. The smallest absolute Gasteiger partial charge is 0.104 e. The first kappa shape index (κ1) is 14.5. The van der Waals surface area contributed by atoms with Crippen LogP contribution in [0.2, 0.25) is 6.04 Å². The molecule has 3 heteroatoms. The molecule has 2 nitrogen and oxygen atoms in total. The fraction of sp³-hybridized carbons (Fsp3) is 0.333. The first-order chi connectivity index (χ1) is 10.4. The Balaban J connectivity index is 1.59. The molecular formula is C18H22O2Si. The predicted octanol–water partition coefficient (Wildman–Crippen LogP) is 1.83. The van der Waals surface area contributed by atoms with Gasteiger partial charge in [-0.3, -0.25) is 0 Å². The van der Waals surface area contributed by atoms with Crippen LogP contribution in [-0.4, -0.2) is 34.7 Å². The fourth-order valence-electron chi connectivity index (χ4n) is 2.67. The summed E-state index contributed by atoms with van der Waals surface area (Å²) in [5.41, 5.74) is 0. The largest absolute Gasteiger partial charge is 0.379 e. The molecule has 1 aliphatic rings. The standard InChI is InChI=1S/C18H22O2Si/c1-3-8-17(9-4-1)21(18-10-5-2-6-11-18)13-7-12-19-14-16-15-20-16/h1-6,8-11,16,21H,7,12-15H2. The predicted molar refractivity (Wildman–Crippen MR) is 89.3 cm³/mol. The first-order valence-electron chi connectivity index (χ1n) is 7.73. The van der Waals surface area contributed by atoms with E-state index in [1.807, 2.05) is 0 Å². The van der Waals surface area contributed by atoms with Crippen molar-refractivity contribution < 1.29 is 9.47 Å². The van der Waals surface area contributed by atoms with Crippen molar-refractivity contribution in [1.82, 2.24) is 0 Å². The van der Waals surface area contributed by atoms with Crippen LogP contribution in [0.25, 0.3) is 0 Å². The summed E-state index contributed by atoms with van der Waals surface area (Å²) in [7, 11) is -1.11. The van der Waals surface area contributed by atoms with Gasteiger partial charge in [0.25, 0.3) is 0 Å². The van der Waals surface area contributed by atoms with Crippen LogP contribution in [0.3, 0.4) is 0 Å². The molecule has 0 aromatic heterocycles. The average Bonchev–Trinajstić information content (AvgIpc) is 3.37. The van der Waals surface area contributed by atoms with Gasteiger partial charge in [-0.15, -0.1) is 0 Å². The molecule has 0 spiro atoms. The first-order valence-corrected chi connectivity index (χ1v) is 9.70. The Kier molecular flexibility index (Phi) is 5.22. The van der Waals surface area contributed by atoms with E-state index in [1.54, 1.807) is 0 Å². The Morgan fingerprint density at radius 2 is 1.52 bits per heavy atom. The second-order valence-corrected chi connectivity index (χ2v) is 8.56. The molecule has 1 heterocycles. The van der Waals surface area contributed by atoms with Crippen LogP contribution in [0.15, 0.2) is 60.7 Å². The molecule has 110 valence electrons. The molecule has 2 aromatic rings. The third-order valence-corrected chi connectivity index (χ3v) is 7.26. The van der Waals surface area contributed by atoms with Crippen molar-refractivity contribution in [3.63, 3.8) is 0 Å². The minimum Gasteiger partial charge on any atom is -0.379 e. The Morgan fingerprint density at radius 3 is 2.05 bits per heavy atom. The number of benzene rings is 2. The van der Waals surface area contributed by atoms with E-state index in [2.05, 4.69) is 60.7 Å². The second kappa shape index (κ2) is 7.55. The van der Waals surface area contributed by atoms with Gasteiger partial charge in [-0.25, -0.2) is 0 Å². The maximum atomic E-state index is 5.68. The van der Waals surface area contributed by atoms with E-state index in [4.69, 9.17) is 9.47 Å². The molecule has 1 unspecified atom stereocenters. The topological polar surface area (TPSA) is 21.8 Å². The summed E-state index contributed by atoms with van der Waals surface area (Å²) in [6.07, 6.45) is 1.51. The third kappa shape index (κ3) is 4.53. The summed E-state index contributed by atoms with van der Waals surface area (Å²) < 4.78 is 10.8. The average molecular weight is 298 g/mol. The maximum absolute atomic E-state index is 5.68. The minimum atomic E-state index is -1.11. The van der Waals surface area contributed by atoms with Crippen molar-refractivity contribution in [1.29, 1.82) is 0 Å². The van der Waals surface area contributed by atoms with Crippen LogP contribution in [0.1, 0.15) is 6.42 Å². The van der Waals surface area contributed by atoms with E-state index in [1.165, 1.54) is 16.4 Å². The third-order valence-electron chi connectivity index (χ3n) is 3.89. The van der Waals surface area contributed by atoms with Gasteiger partial charge in [-0.2, -0.15) is 0 Å². The summed E-state index contributed by atoms with van der Waals surface area (Å²) in [5, 5.41) is 3.04. The van der Waals surface area contributed by atoms with Crippen molar-refractivity contribution in [3.05, 3.63) is 60.7 Å². The zero-order chi connectivity index (χ0) is 14.3. The molecule has 1 atom stereocenters. The van der Waals surface area contributed by atoms with E-state index < -0.39 is 8.80 Å². The molecule has 0 radical (unpaired) electrons. The zero-order valence-electron chi connectivity index (χ0n) is 12.3. The molecule has 0 saturated carbocycles. The van der Waals surface area contributed by atoms with Crippen LogP contribution in [0.5, 0.6) is 0 Å². The highest BCUT2D eigenvalue weighted by Crippen LogP contribution is 2.09. The summed E-state index contributed by atoms with van der Waals surface area (Å²) in [4.78, 5) is 0. The van der Waals surface area contributed by atoms with Crippen molar-refractivity contribution in [3.8, 4) is 0 Å². The van der Waals surface area contributed by atoms with E-state index in [9.17, 15) is 0 Å².